The summed E-state index contributed by atoms with van der Waals surface area (Å²) >= 11 is 0. The highest BCUT2D eigenvalue weighted by atomic mass is 16.7. The molecule has 4 heteroatoms. The van der Waals surface area contributed by atoms with Gasteiger partial charge < -0.3 is 19.7 Å². The molecule has 88 valence electrons. The van der Waals surface area contributed by atoms with E-state index in [1.165, 1.54) is 0 Å². The summed E-state index contributed by atoms with van der Waals surface area (Å²) in [5, 5.41) is 18.1. The summed E-state index contributed by atoms with van der Waals surface area (Å²) in [6.07, 6.45) is 5.25. The van der Waals surface area contributed by atoms with Gasteiger partial charge in [0.05, 0.1) is 11.2 Å². The summed E-state index contributed by atoms with van der Waals surface area (Å²) < 4.78 is 11.4. The number of hydrogen-bond acceptors (Lipinski definition) is 4. The third kappa shape index (κ3) is 2.18. The van der Waals surface area contributed by atoms with Crippen LogP contribution in [0.3, 0.4) is 0 Å². The zero-order chi connectivity index (χ0) is 10.8. The molecular formula is C11H20O4. The molecule has 0 radical (unpaired) electrons. The van der Waals surface area contributed by atoms with E-state index in [0.717, 1.165) is 25.7 Å². The zero-order valence-electron chi connectivity index (χ0n) is 9.07. The number of aliphatic hydroxyl groups excluding tert-OH is 2. The van der Waals surface area contributed by atoms with Crippen molar-refractivity contribution < 1.29 is 19.7 Å². The van der Waals surface area contributed by atoms with Gasteiger partial charge in [-0.25, -0.2) is 0 Å². The number of hydrogen-bond donors (Lipinski definition) is 2. The first-order valence-corrected chi connectivity index (χ1v) is 5.74. The van der Waals surface area contributed by atoms with E-state index >= 15 is 0 Å². The molecule has 1 saturated heterocycles. The molecule has 1 heterocycles. The highest BCUT2D eigenvalue weighted by Crippen LogP contribution is 2.46. The van der Waals surface area contributed by atoms with Crippen molar-refractivity contribution in [3.8, 4) is 0 Å². The number of aliphatic hydroxyl groups is 2. The Morgan fingerprint density at radius 1 is 0.933 bits per heavy atom. The van der Waals surface area contributed by atoms with Gasteiger partial charge in [0.15, 0.2) is 0 Å². The van der Waals surface area contributed by atoms with Gasteiger partial charge in [-0.3, -0.25) is 0 Å². The Kier molecular flexibility index (Phi) is 3.30. The topological polar surface area (TPSA) is 58.9 Å². The van der Waals surface area contributed by atoms with Crippen molar-refractivity contribution in [3.63, 3.8) is 0 Å². The minimum Gasteiger partial charge on any atom is -0.396 e. The molecule has 2 atom stereocenters. The van der Waals surface area contributed by atoms with E-state index < -0.39 is 0 Å². The fraction of sp³-hybridized carbons (Fsp3) is 1.00. The Balaban J connectivity index is 2.09. The fourth-order valence-electron chi connectivity index (χ4n) is 3.00. The Morgan fingerprint density at radius 3 is 1.93 bits per heavy atom. The molecular weight excluding hydrogens is 196 g/mol. The van der Waals surface area contributed by atoms with Crippen molar-refractivity contribution >= 4 is 0 Å². The van der Waals surface area contributed by atoms with Crippen LogP contribution >= 0.6 is 0 Å². The second-order valence-corrected chi connectivity index (χ2v) is 4.75. The molecule has 2 aliphatic rings. The van der Waals surface area contributed by atoms with Crippen molar-refractivity contribution in [2.45, 2.75) is 49.7 Å². The maximum atomic E-state index is 9.07. The van der Waals surface area contributed by atoms with Crippen LogP contribution in [0.5, 0.6) is 0 Å². The molecule has 0 spiro atoms. The molecule has 15 heavy (non-hydrogen) atoms. The SMILES string of the molecule is OCCC12CCCC(CCO)(C1)OCO2. The summed E-state index contributed by atoms with van der Waals surface area (Å²) in [6.45, 7) is 0.629. The third-order valence-corrected chi connectivity index (χ3v) is 3.77. The molecule has 1 aliphatic heterocycles. The monoisotopic (exact) mass is 216 g/mol. The van der Waals surface area contributed by atoms with Crippen molar-refractivity contribution in [2.24, 2.45) is 0 Å². The standard InChI is InChI=1S/C11H20O4/c12-6-4-10-2-1-3-11(8-10,5-7-13)15-9-14-10/h12-13H,1-9H2. The first kappa shape index (κ1) is 11.3. The van der Waals surface area contributed by atoms with Crippen molar-refractivity contribution in [2.75, 3.05) is 20.0 Å². The Bertz CT molecular complexity index is 176. The second-order valence-electron chi connectivity index (χ2n) is 4.75. The first-order chi connectivity index (χ1) is 7.24. The predicted molar refractivity (Wildman–Crippen MR) is 54.4 cm³/mol. The summed E-state index contributed by atoms with van der Waals surface area (Å²) in [5.74, 6) is 0. The Hall–Kier alpha value is -0.160. The van der Waals surface area contributed by atoms with Crippen LogP contribution in [-0.2, 0) is 9.47 Å². The Morgan fingerprint density at radius 2 is 1.47 bits per heavy atom. The highest BCUT2D eigenvalue weighted by Gasteiger charge is 2.49. The molecule has 4 nitrogen and oxygen atoms in total. The molecule has 0 aromatic rings. The molecule has 2 bridgehead atoms. The molecule has 0 aromatic carbocycles. The maximum absolute atomic E-state index is 9.07. The smallest absolute Gasteiger partial charge is 0.148 e. The van der Waals surface area contributed by atoms with Gasteiger partial charge in [0.1, 0.15) is 6.79 Å². The molecule has 2 N–H and O–H groups in total. The van der Waals surface area contributed by atoms with E-state index in [-0.39, 0.29) is 24.4 Å². The van der Waals surface area contributed by atoms with Gasteiger partial charge in [0.2, 0.25) is 0 Å². The quantitative estimate of drug-likeness (QED) is 0.730. The van der Waals surface area contributed by atoms with Gasteiger partial charge in [0.25, 0.3) is 0 Å². The Labute approximate surface area is 90.2 Å². The largest absolute Gasteiger partial charge is 0.396 e. The van der Waals surface area contributed by atoms with Crippen LogP contribution in [0.25, 0.3) is 0 Å². The summed E-state index contributed by atoms with van der Waals surface area (Å²) in [7, 11) is 0. The van der Waals surface area contributed by atoms with Crippen LogP contribution in [0, 0.1) is 0 Å². The van der Waals surface area contributed by atoms with E-state index in [9.17, 15) is 0 Å². The van der Waals surface area contributed by atoms with Crippen molar-refractivity contribution in [3.05, 3.63) is 0 Å². The van der Waals surface area contributed by atoms with E-state index in [0.29, 0.717) is 19.6 Å². The normalized spacial score (nSPS) is 40.4. The average molecular weight is 216 g/mol. The zero-order valence-corrected chi connectivity index (χ0v) is 9.07. The van der Waals surface area contributed by atoms with Gasteiger partial charge >= 0.3 is 0 Å². The summed E-state index contributed by atoms with van der Waals surface area (Å²) in [6, 6.07) is 0. The van der Waals surface area contributed by atoms with Crippen LogP contribution in [0.1, 0.15) is 38.5 Å². The molecule has 1 saturated carbocycles. The van der Waals surface area contributed by atoms with Crippen molar-refractivity contribution in [1.29, 1.82) is 0 Å². The second kappa shape index (κ2) is 4.37. The van der Waals surface area contributed by atoms with Crippen LogP contribution in [0.15, 0.2) is 0 Å². The summed E-state index contributed by atoms with van der Waals surface area (Å²) in [5.41, 5.74) is -0.388. The van der Waals surface area contributed by atoms with Gasteiger partial charge in [0, 0.05) is 19.6 Å². The molecule has 2 unspecified atom stereocenters. The van der Waals surface area contributed by atoms with E-state index in [4.69, 9.17) is 19.7 Å². The number of fused-ring (bicyclic) bond motifs is 2. The summed E-state index contributed by atoms with van der Waals surface area (Å²) in [4.78, 5) is 0. The number of rotatable bonds is 4. The van der Waals surface area contributed by atoms with E-state index in [1.807, 2.05) is 0 Å². The lowest BCUT2D eigenvalue weighted by Gasteiger charge is -2.51. The minimum absolute atomic E-state index is 0.162. The molecule has 0 amide bonds. The highest BCUT2D eigenvalue weighted by molar-refractivity contribution is 4.99. The molecule has 2 fully saturated rings. The lowest BCUT2D eigenvalue weighted by Crippen LogP contribution is -2.54. The van der Waals surface area contributed by atoms with Crippen LogP contribution in [0.2, 0.25) is 0 Å². The maximum Gasteiger partial charge on any atom is 0.148 e. The van der Waals surface area contributed by atoms with Crippen LogP contribution in [0.4, 0.5) is 0 Å². The van der Waals surface area contributed by atoms with Crippen LogP contribution in [-0.4, -0.2) is 41.4 Å². The van der Waals surface area contributed by atoms with E-state index in [1.54, 1.807) is 0 Å². The van der Waals surface area contributed by atoms with Crippen molar-refractivity contribution in [1.82, 2.24) is 0 Å². The fourth-order valence-corrected chi connectivity index (χ4v) is 3.00. The predicted octanol–water partition coefficient (Wildman–Crippen LogP) is 0.807. The average Bonchev–Trinajstić information content (AvgIpc) is 2.17. The molecule has 1 aliphatic carbocycles. The van der Waals surface area contributed by atoms with Gasteiger partial charge in [-0.1, -0.05) is 0 Å². The van der Waals surface area contributed by atoms with Gasteiger partial charge in [-0.2, -0.15) is 0 Å². The minimum atomic E-state index is -0.194. The molecule has 0 aromatic heterocycles. The van der Waals surface area contributed by atoms with Gasteiger partial charge in [-0.05, 0) is 32.1 Å². The lowest BCUT2D eigenvalue weighted by molar-refractivity contribution is -0.288. The number of ether oxygens (including phenoxy) is 2. The van der Waals surface area contributed by atoms with E-state index in [2.05, 4.69) is 0 Å². The third-order valence-electron chi connectivity index (χ3n) is 3.77. The lowest BCUT2D eigenvalue weighted by atomic mass is 9.71. The van der Waals surface area contributed by atoms with Gasteiger partial charge in [-0.15, -0.1) is 0 Å². The first-order valence-electron chi connectivity index (χ1n) is 5.74. The molecule has 2 rings (SSSR count). The van der Waals surface area contributed by atoms with Crippen LogP contribution < -0.4 is 0 Å².